The molecular weight excluding hydrogens is 361 g/mol. The third kappa shape index (κ3) is 3.47. The van der Waals surface area contributed by atoms with Crippen molar-refractivity contribution in [1.29, 1.82) is 0 Å². The summed E-state index contributed by atoms with van der Waals surface area (Å²) in [6.07, 6.45) is 2.49. The first-order valence-corrected chi connectivity index (χ1v) is 9.21. The van der Waals surface area contributed by atoms with Crippen LogP contribution in [0.3, 0.4) is 0 Å². The topological polar surface area (TPSA) is 68.5 Å². The van der Waals surface area contributed by atoms with Gasteiger partial charge in [-0.05, 0) is 55.7 Å². The second kappa shape index (κ2) is 7.80. The monoisotopic (exact) mass is 381 g/mol. The van der Waals surface area contributed by atoms with Crippen molar-refractivity contribution in [2.24, 2.45) is 0 Å². The number of methoxy groups -OCH3 is 1. The highest BCUT2D eigenvalue weighted by Crippen LogP contribution is 2.32. The summed E-state index contributed by atoms with van der Waals surface area (Å²) in [4.78, 5) is 19.1. The van der Waals surface area contributed by atoms with E-state index in [9.17, 15) is 9.18 Å². The van der Waals surface area contributed by atoms with Crippen molar-refractivity contribution >= 4 is 5.91 Å². The van der Waals surface area contributed by atoms with Crippen molar-refractivity contribution in [2.75, 3.05) is 13.7 Å². The minimum absolute atomic E-state index is 0.0595. The van der Waals surface area contributed by atoms with E-state index in [1.165, 1.54) is 12.1 Å². The smallest absolute Gasteiger partial charge is 0.257 e. The number of carbonyl (C=O) groups excluding carboxylic acids is 1. The molecule has 0 bridgehead atoms. The van der Waals surface area contributed by atoms with Gasteiger partial charge in [0, 0.05) is 12.1 Å². The standard InChI is InChI=1S/C21H20FN3O3/c1-27-15-11-9-14(10-12-15)19-23-20(28-24-19)18-8-4-5-13-25(18)21(26)16-6-2-3-7-17(16)22/h2-3,6-7,9-12,18H,4-5,8,13H2,1H3. The molecule has 6 nitrogen and oxygen atoms in total. The Morgan fingerprint density at radius 1 is 1.18 bits per heavy atom. The lowest BCUT2D eigenvalue weighted by atomic mass is 10.0. The van der Waals surface area contributed by atoms with E-state index >= 15 is 0 Å². The quantitative estimate of drug-likeness (QED) is 0.676. The fourth-order valence-electron chi connectivity index (χ4n) is 3.45. The number of rotatable bonds is 4. The predicted molar refractivity (Wildman–Crippen MR) is 100 cm³/mol. The Hall–Kier alpha value is -3.22. The van der Waals surface area contributed by atoms with Gasteiger partial charge in [-0.25, -0.2) is 4.39 Å². The van der Waals surface area contributed by atoms with Gasteiger partial charge in [-0.1, -0.05) is 17.3 Å². The molecular formula is C21H20FN3O3. The fourth-order valence-corrected chi connectivity index (χ4v) is 3.45. The normalized spacial score (nSPS) is 16.8. The molecule has 144 valence electrons. The summed E-state index contributed by atoms with van der Waals surface area (Å²) in [6.45, 7) is 0.526. The van der Waals surface area contributed by atoms with Crippen LogP contribution >= 0.6 is 0 Å². The average molecular weight is 381 g/mol. The first-order chi connectivity index (χ1) is 13.7. The molecule has 0 saturated carbocycles. The second-order valence-electron chi connectivity index (χ2n) is 6.67. The molecule has 1 amide bonds. The molecule has 7 heteroatoms. The van der Waals surface area contributed by atoms with E-state index in [-0.39, 0.29) is 17.5 Å². The van der Waals surface area contributed by atoms with E-state index in [2.05, 4.69) is 10.1 Å². The van der Waals surface area contributed by atoms with Crippen LogP contribution in [-0.2, 0) is 0 Å². The summed E-state index contributed by atoms with van der Waals surface area (Å²) in [6, 6.07) is 13.0. The van der Waals surface area contributed by atoms with Crippen molar-refractivity contribution in [3.63, 3.8) is 0 Å². The Balaban J connectivity index is 1.60. The Labute approximate surface area is 161 Å². The van der Waals surface area contributed by atoms with E-state index < -0.39 is 5.82 Å². The van der Waals surface area contributed by atoms with Crippen LogP contribution < -0.4 is 4.74 Å². The fraction of sp³-hybridized carbons (Fsp3) is 0.286. The number of hydrogen-bond donors (Lipinski definition) is 0. The lowest BCUT2D eigenvalue weighted by Gasteiger charge is -2.33. The number of hydrogen-bond acceptors (Lipinski definition) is 5. The van der Waals surface area contributed by atoms with Crippen LogP contribution in [0.1, 0.15) is 41.6 Å². The molecule has 0 radical (unpaired) electrons. The number of carbonyl (C=O) groups is 1. The molecule has 1 aliphatic rings. The van der Waals surface area contributed by atoms with Crippen molar-refractivity contribution in [2.45, 2.75) is 25.3 Å². The van der Waals surface area contributed by atoms with Crippen LogP contribution in [0.25, 0.3) is 11.4 Å². The van der Waals surface area contributed by atoms with Crippen molar-refractivity contribution in [3.05, 3.63) is 65.8 Å². The van der Waals surface area contributed by atoms with Crippen LogP contribution in [0.15, 0.2) is 53.1 Å². The van der Waals surface area contributed by atoms with Gasteiger partial charge in [-0.15, -0.1) is 0 Å². The highest BCUT2D eigenvalue weighted by atomic mass is 19.1. The molecule has 0 aliphatic carbocycles. The maximum Gasteiger partial charge on any atom is 0.257 e. The highest BCUT2D eigenvalue weighted by Gasteiger charge is 2.33. The first-order valence-electron chi connectivity index (χ1n) is 9.21. The zero-order valence-electron chi connectivity index (χ0n) is 15.5. The molecule has 1 fully saturated rings. The Morgan fingerprint density at radius 3 is 2.71 bits per heavy atom. The zero-order valence-corrected chi connectivity index (χ0v) is 15.5. The third-order valence-electron chi connectivity index (χ3n) is 4.94. The van der Waals surface area contributed by atoms with Gasteiger partial charge >= 0.3 is 0 Å². The summed E-state index contributed by atoms with van der Waals surface area (Å²) >= 11 is 0. The maximum absolute atomic E-state index is 14.1. The van der Waals surface area contributed by atoms with Crippen molar-refractivity contribution in [1.82, 2.24) is 15.0 Å². The van der Waals surface area contributed by atoms with E-state index in [1.54, 1.807) is 24.1 Å². The van der Waals surface area contributed by atoms with E-state index in [0.29, 0.717) is 24.7 Å². The van der Waals surface area contributed by atoms with Gasteiger partial charge in [0.1, 0.15) is 17.6 Å². The van der Waals surface area contributed by atoms with Crippen LogP contribution in [0, 0.1) is 5.82 Å². The molecule has 1 atom stereocenters. The van der Waals surface area contributed by atoms with Gasteiger partial charge in [0.25, 0.3) is 5.91 Å². The summed E-state index contributed by atoms with van der Waals surface area (Å²) in [5.41, 5.74) is 0.850. The van der Waals surface area contributed by atoms with Crippen molar-refractivity contribution in [3.8, 4) is 17.1 Å². The zero-order chi connectivity index (χ0) is 19.5. The molecule has 0 spiro atoms. The van der Waals surface area contributed by atoms with Gasteiger partial charge in [0.2, 0.25) is 11.7 Å². The van der Waals surface area contributed by atoms with Gasteiger partial charge in [-0.2, -0.15) is 4.98 Å². The van der Waals surface area contributed by atoms with Crippen LogP contribution in [-0.4, -0.2) is 34.6 Å². The molecule has 1 saturated heterocycles. The molecule has 1 unspecified atom stereocenters. The van der Waals surface area contributed by atoms with Gasteiger partial charge in [-0.3, -0.25) is 4.79 Å². The first kappa shape index (κ1) is 18.2. The molecule has 4 rings (SSSR count). The molecule has 2 aromatic carbocycles. The maximum atomic E-state index is 14.1. The molecule has 1 aliphatic heterocycles. The Morgan fingerprint density at radius 2 is 1.96 bits per heavy atom. The Kier molecular flexibility index (Phi) is 5.06. The number of amides is 1. The summed E-state index contributed by atoms with van der Waals surface area (Å²) in [5.74, 6) is 0.673. The van der Waals surface area contributed by atoms with E-state index in [0.717, 1.165) is 24.2 Å². The Bertz CT molecular complexity index is 971. The summed E-state index contributed by atoms with van der Waals surface area (Å²) < 4.78 is 24.7. The summed E-state index contributed by atoms with van der Waals surface area (Å²) in [7, 11) is 1.60. The van der Waals surface area contributed by atoms with Gasteiger partial charge in [0.15, 0.2) is 0 Å². The van der Waals surface area contributed by atoms with Crippen molar-refractivity contribution < 1.29 is 18.4 Å². The van der Waals surface area contributed by atoms with E-state index in [4.69, 9.17) is 9.26 Å². The molecule has 2 heterocycles. The largest absolute Gasteiger partial charge is 0.497 e. The van der Waals surface area contributed by atoms with Crippen LogP contribution in [0.4, 0.5) is 4.39 Å². The van der Waals surface area contributed by atoms with Gasteiger partial charge < -0.3 is 14.2 Å². The third-order valence-corrected chi connectivity index (χ3v) is 4.94. The summed E-state index contributed by atoms with van der Waals surface area (Å²) in [5, 5.41) is 4.06. The number of benzene rings is 2. The SMILES string of the molecule is COc1ccc(-c2noc(C3CCCCN3C(=O)c3ccccc3F)n2)cc1. The molecule has 0 N–H and O–H groups in total. The lowest BCUT2D eigenvalue weighted by molar-refractivity contribution is 0.0556. The van der Waals surface area contributed by atoms with E-state index in [1.807, 2.05) is 24.3 Å². The lowest BCUT2D eigenvalue weighted by Crippen LogP contribution is -2.39. The second-order valence-corrected chi connectivity index (χ2v) is 6.67. The number of nitrogens with zero attached hydrogens (tertiary/aromatic N) is 3. The van der Waals surface area contributed by atoms with Crippen LogP contribution in [0.2, 0.25) is 0 Å². The average Bonchev–Trinajstić information content (AvgIpc) is 3.24. The number of halogens is 1. The number of piperidine rings is 1. The highest BCUT2D eigenvalue weighted by molar-refractivity contribution is 5.94. The molecule has 3 aromatic rings. The predicted octanol–water partition coefficient (Wildman–Crippen LogP) is 4.25. The number of likely N-dealkylation sites (tertiary alicyclic amines) is 1. The molecule has 1 aromatic heterocycles. The number of aromatic nitrogens is 2. The minimum Gasteiger partial charge on any atom is -0.497 e. The van der Waals surface area contributed by atoms with Gasteiger partial charge in [0.05, 0.1) is 12.7 Å². The number of ether oxygens (including phenoxy) is 1. The van der Waals surface area contributed by atoms with Crippen LogP contribution in [0.5, 0.6) is 5.75 Å². The minimum atomic E-state index is -0.527. The molecule has 28 heavy (non-hydrogen) atoms.